The van der Waals surface area contributed by atoms with Gasteiger partial charge in [-0.15, -0.1) is 0 Å². The van der Waals surface area contributed by atoms with E-state index < -0.39 is 12.1 Å². The number of nitrogens with zero attached hydrogens (tertiary/aromatic N) is 2. The number of carbonyl (C=O) groups is 2. The number of amides is 2. The smallest absolute Gasteiger partial charge is 0.243 e. The first-order valence-electron chi connectivity index (χ1n) is 4.05. The summed E-state index contributed by atoms with van der Waals surface area (Å²) < 4.78 is 0. The molecule has 2 unspecified atom stereocenters. The zero-order valence-electron chi connectivity index (χ0n) is 7.57. The van der Waals surface area contributed by atoms with Crippen molar-refractivity contribution in [2.24, 2.45) is 0 Å². The minimum absolute atomic E-state index is 0.113. The predicted octanol–water partition coefficient (Wildman–Crippen LogP) is -0.755. The second-order valence-corrected chi connectivity index (χ2v) is 3.07. The van der Waals surface area contributed by atoms with Crippen molar-refractivity contribution in [3.63, 3.8) is 0 Å². The molecule has 0 aliphatic carbocycles. The number of nitrogens with one attached hydrogen (secondary N) is 1. The summed E-state index contributed by atoms with van der Waals surface area (Å²) in [6.45, 7) is 3.46. The van der Waals surface area contributed by atoms with Crippen molar-refractivity contribution in [3.05, 3.63) is 0 Å². The number of rotatable bonds is 1. The SMILES string of the molecule is CC(C#N)N1CC(=O)NC(=O)C1C. The van der Waals surface area contributed by atoms with E-state index in [-0.39, 0.29) is 18.4 Å². The van der Waals surface area contributed by atoms with E-state index in [1.807, 2.05) is 6.07 Å². The molecule has 0 radical (unpaired) electrons. The standard InChI is InChI=1S/C8H11N3O2/c1-5(3-9)11-4-7(12)10-8(13)6(11)2/h5-6H,4H2,1-2H3,(H,10,12,13). The summed E-state index contributed by atoms with van der Waals surface area (Å²) >= 11 is 0. The van der Waals surface area contributed by atoms with Crippen LogP contribution in [-0.4, -0.2) is 35.3 Å². The lowest BCUT2D eigenvalue weighted by atomic mass is 10.1. The Hall–Kier alpha value is -1.41. The van der Waals surface area contributed by atoms with E-state index in [9.17, 15) is 9.59 Å². The van der Waals surface area contributed by atoms with Gasteiger partial charge >= 0.3 is 0 Å². The molecule has 0 aromatic heterocycles. The molecule has 1 aliphatic rings. The topological polar surface area (TPSA) is 73.2 Å². The van der Waals surface area contributed by atoms with Crippen molar-refractivity contribution in [2.45, 2.75) is 25.9 Å². The molecule has 1 rings (SSSR count). The molecule has 1 N–H and O–H groups in total. The van der Waals surface area contributed by atoms with Crippen LogP contribution in [0.25, 0.3) is 0 Å². The maximum atomic E-state index is 11.2. The third-order valence-corrected chi connectivity index (χ3v) is 2.15. The summed E-state index contributed by atoms with van der Waals surface area (Å²) in [5.41, 5.74) is 0. The zero-order chi connectivity index (χ0) is 10.0. The van der Waals surface area contributed by atoms with Crippen molar-refractivity contribution in [2.75, 3.05) is 6.54 Å². The lowest BCUT2D eigenvalue weighted by molar-refractivity contribution is -0.140. The van der Waals surface area contributed by atoms with Crippen LogP contribution in [0.2, 0.25) is 0 Å². The average molecular weight is 181 g/mol. The largest absolute Gasteiger partial charge is 0.294 e. The minimum Gasteiger partial charge on any atom is -0.294 e. The molecule has 0 bridgehead atoms. The summed E-state index contributed by atoms with van der Waals surface area (Å²) in [6.07, 6.45) is 0. The molecular formula is C8H11N3O2. The first-order valence-corrected chi connectivity index (χ1v) is 4.05. The molecule has 0 aromatic rings. The Morgan fingerprint density at radius 3 is 2.85 bits per heavy atom. The molecule has 1 aliphatic heterocycles. The van der Waals surface area contributed by atoms with Gasteiger partial charge in [-0.25, -0.2) is 0 Å². The summed E-state index contributed by atoms with van der Waals surface area (Å²) in [4.78, 5) is 23.7. The van der Waals surface area contributed by atoms with Gasteiger partial charge in [0.1, 0.15) is 0 Å². The minimum atomic E-state index is -0.412. The van der Waals surface area contributed by atoms with Crippen molar-refractivity contribution in [1.29, 1.82) is 5.26 Å². The van der Waals surface area contributed by atoms with Crippen LogP contribution in [0.5, 0.6) is 0 Å². The highest BCUT2D eigenvalue weighted by molar-refractivity contribution is 6.00. The second kappa shape index (κ2) is 3.54. The lowest BCUT2D eigenvalue weighted by Crippen LogP contribution is -2.59. The fourth-order valence-corrected chi connectivity index (χ4v) is 1.28. The summed E-state index contributed by atoms with van der Waals surface area (Å²) in [5.74, 6) is -0.677. The maximum absolute atomic E-state index is 11.2. The highest BCUT2D eigenvalue weighted by atomic mass is 16.2. The number of carbonyl (C=O) groups excluding carboxylic acids is 2. The molecule has 2 amide bonds. The predicted molar refractivity (Wildman–Crippen MR) is 44.4 cm³/mol. The molecule has 1 saturated heterocycles. The lowest BCUT2D eigenvalue weighted by Gasteiger charge is -2.32. The van der Waals surface area contributed by atoms with Crippen LogP contribution in [0.1, 0.15) is 13.8 Å². The third-order valence-electron chi connectivity index (χ3n) is 2.15. The highest BCUT2D eigenvalue weighted by Gasteiger charge is 2.32. The molecular weight excluding hydrogens is 170 g/mol. The van der Waals surface area contributed by atoms with E-state index in [1.54, 1.807) is 18.7 Å². The molecule has 1 fully saturated rings. The van der Waals surface area contributed by atoms with Gasteiger partial charge in [-0.1, -0.05) is 0 Å². The highest BCUT2D eigenvalue weighted by Crippen LogP contribution is 2.08. The van der Waals surface area contributed by atoms with Gasteiger partial charge in [-0.3, -0.25) is 19.8 Å². The van der Waals surface area contributed by atoms with Gasteiger partial charge in [-0.05, 0) is 13.8 Å². The van der Waals surface area contributed by atoms with Crippen molar-refractivity contribution in [1.82, 2.24) is 10.2 Å². The molecule has 70 valence electrons. The molecule has 2 atom stereocenters. The van der Waals surface area contributed by atoms with Crippen LogP contribution in [0.3, 0.4) is 0 Å². The number of imide groups is 1. The van der Waals surface area contributed by atoms with Crippen LogP contribution in [0.15, 0.2) is 0 Å². The van der Waals surface area contributed by atoms with Crippen molar-refractivity contribution < 1.29 is 9.59 Å². The fraction of sp³-hybridized carbons (Fsp3) is 0.625. The molecule has 1 heterocycles. The van der Waals surface area contributed by atoms with Gasteiger partial charge in [-0.2, -0.15) is 5.26 Å². The third kappa shape index (κ3) is 1.84. The molecule has 13 heavy (non-hydrogen) atoms. The van der Waals surface area contributed by atoms with Gasteiger partial charge in [0.05, 0.1) is 24.7 Å². The first kappa shape index (κ1) is 9.68. The van der Waals surface area contributed by atoms with Gasteiger partial charge < -0.3 is 0 Å². The molecule has 5 heteroatoms. The first-order chi connectivity index (χ1) is 6.06. The maximum Gasteiger partial charge on any atom is 0.243 e. The van der Waals surface area contributed by atoms with Gasteiger partial charge in [0, 0.05) is 0 Å². The van der Waals surface area contributed by atoms with E-state index in [0.717, 1.165) is 0 Å². The van der Waals surface area contributed by atoms with Gasteiger partial charge in [0.15, 0.2) is 0 Å². The van der Waals surface area contributed by atoms with Crippen LogP contribution >= 0.6 is 0 Å². The molecule has 0 spiro atoms. The monoisotopic (exact) mass is 181 g/mol. The normalized spacial score (nSPS) is 26.4. The number of hydrogen-bond acceptors (Lipinski definition) is 4. The summed E-state index contributed by atoms with van der Waals surface area (Å²) in [7, 11) is 0. The second-order valence-electron chi connectivity index (χ2n) is 3.07. The Bertz CT molecular complexity index is 282. The van der Waals surface area contributed by atoms with E-state index in [2.05, 4.69) is 5.32 Å². The number of nitriles is 1. The number of piperazine rings is 1. The van der Waals surface area contributed by atoms with E-state index in [0.29, 0.717) is 0 Å². The summed E-state index contributed by atoms with van der Waals surface area (Å²) in [6, 6.07) is 1.18. The Morgan fingerprint density at radius 2 is 2.31 bits per heavy atom. The Labute approximate surface area is 76.3 Å². The Balaban J connectivity index is 2.79. The summed E-state index contributed by atoms with van der Waals surface area (Å²) in [5, 5.41) is 10.9. The number of hydrogen-bond donors (Lipinski definition) is 1. The van der Waals surface area contributed by atoms with Gasteiger partial charge in [0.2, 0.25) is 11.8 Å². The molecule has 0 saturated carbocycles. The quantitative estimate of drug-likeness (QED) is 0.540. The molecule has 0 aromatic carbocycles. The van der Waals surface area contributed by atoms with Crippen LogP contribution in [-0.2, 0) is 9.59 Å². The van der Waals surface area contributed by atoms with Gasteiger partial charge in [0.25, 0.3) is 0 Å². The average Bonchev–Trinajstić information content (AvgIpc) is 2.10. The van der Waals surface area contributed by atoms with Crippen LogP contribution in [0, 0.1) is 11.3 Å². The van der Waals surface area contributed by atoms with Crippen LogP contribution in [0.4, 0.5) is 0 Å². The van der Waals surface area contributed by atoms with E-state index in [1.165, 1.54) is 0 Å². The van der Waals surface area contributed by atoms with E-state index in [4.69, 9.17) is 5.26 Å². The van der Waals surface area contributed by atoms with Crippen molar-refractivity contribution in [3.8, 4) is 6.07 Å². The van der Waals surface area contributed by atoms with Crippen molar-refractivity contribution >= 4 is 11.8 Å². The Morgan fingerprint density at radius 1 is 1.69 bits per heavy atom. The van der Waals surface area contributed by atoms with E-state index >= 15 is 0 Å². The van der Waals surface area contributed by atoms with Crippen LogP contribution < -0.4 is 5.32 Å². The zero-order valence-corrected chi connectivity index (χ0v) is 7.57. The molecule has 5 nitrogen and oxygen atoms in total. The Kier molecular flexibility index (Phi) is 2.63. The fourth-order valence-electron chi connectivity index (χ4n) is 1.28.